The summed E-state index contributed by atoms with van der Waals surface area (Å²) in [4.78, 5) is 43.5. The number of H-pyrrole nitrogens is 1. The zero-order valence-corrected chi connectivity index (χ0v) is 18.8. The molecule has 4 rings (SSSR count). The molecule has 36 heavy (non-hydrogen) atoms. The van der Waals surface area contributed by atoms with Crippen LogP contribution in [0.5, 0.6) is 0 Å². The third-order valence-electron chi connectivity index (χ3n) is 5.72. The molecule has 2 aromatic rings. The van der Waals surface area contributed by atoms with Gasteiger partial charge in [-0.25, -0.2) is 27.4 Å². The molecule has 15 heteroatoms. The molecule has 0 saturated carbocycles. The molecule has 2 aliphatic rings. The second-order valence-corrected chi connectivity index (χ2v) is 8.13. The first-order valence-corrected chi connectivity index (χ1v) is 11.0. The van der Waals surface area contributed by atoms with E-state index >= 15 is 8.78 Å². The first-order chi connectivity index (χ1) is 17.2. The lowest BCUT2D eigenvalue weighted by atomic mass is 10.1. The summed E-state index contributed by atoms with van der Waals surface area (Å²) < 4.78 is 59.8. The van der Waals surface area contributed by atoms with Crippen LogP contribution in [0.2, 0.25) is 0 Å². The molecule has 2 aliphatic heterocycles. The minimum Gasteiger partial charge on any atom is -0.444 e. The Bertz CT molecular complexity index is 1100. The summed E-state index contributed by atoms with van der Waals surface area (Å²) >= 11 is 0. The number of aromatic nitrogens is 3. The van der Waals surface area contributed by atoms with Gasteiger partial charge in [-0.1, -0.05) is 0 Å². The normalized spacial score (nSPS) is 18.5. The Morgan fingerprint density at radius 3 is 2.58 bits per heavy atom. The number of carbonyl (C=O) groups excluding carboxylic acids is 3. The minimum atomic E-state index is -3.11. The molecule has 11 nitrogen and oxygen atoms in total. The average molecular weight is 514 g/mol. The lowest BCUT2D eigenvalue weighted by Gasteiger charge is -2.24. The van der Waals surface area contributed by atoms with Crippen molar-refractivity contribution in [2.75, 3.05) is 42.6 Å². The van der Waals surface area contributed by atoms with Crippen molar-refractivity contribution in [3.63, 3.8) is 0 Å². The number of benzene rings is 1. The van der Waals surface area contributed by atoms with E-state index in [-0.39, 0.29) is 62.9 Å². The van der Waals surface area contributed by atoms with Gasteiger partial charge in [0.2, 0.25) is 0 Å². The van der Waals surface area contributed by atoms with E-state index in [1.165, 1.54) is 11.1 Å². The minimum absolute atomic E-state index is 0.0113. The van der Waals surface area contributed by atoms with Crippen LogP contribution in [0.15, 0.2) is 18.3 Å². The molecular formula is C21H22F4N6O5. The zero-order valence-electron chi connectivity index (χ0n) is 18.8. The first-order valence-electron chi connectivity index (χ1n) is 11.0. The summed E-state index contributed by atoms with van der Waals surface area (Å²) in [7, 11) is 0. The summed E-state index contributed by atoms with van der Waals surface area (Å²) in [6.07, 6.45) is -4.16. The highest BCUT2D eigenvalue weighted by Crippen LogP contribution is 2.32. The molecular weight excluding hydrogens is 492 g/mol. The van der Waals surface area contributed by atoms with Gasteiger partial charge in [-0.15, -0.1) is 0 Å². The lowest BCUT2D eigenvalue weighted by molar-refractivity contribution is -0.181. The smallest absolute Gasteiger partial charge is 0.414 e. The fraction of sp³-hybridized carbons (Fsp3) is 0.476. The van der Waals surface area contributed by atoms with Crippen molar-refractivity contribution in [2.24, 2.45) is 0 Å². The van der Waals surface area contributed by atoms with E-state index in [0.29, 0.717) is 5.69 Å². The molecule has 1 aromatic carbocycles. The van der Waals surface area contributed by atoms with Crippen LogP contribution in [-0.2, 0) is 25.6 Å². The lowest BCUT2D eigenvalue weighted by Crippen LogP contribution is -2.35. The van der Waals surface area contributed by atoms with E-state index in [0.717, 1.165) is 22.1 Å². The van der Waals surface area contributed by atoms with Gasteiger partial charge in [0.15, 0.2) is 17.4 Å². The number of amides is 2. The number of nitrogens with zero attached hydrogens (tertiary/aromatic N) is 5. The quantitative estimate of drug-likeness (QED) is 0.530. The SMILES string of the molecule is O=C(CC[C@H]1CN(c2cc(F)c(N3CCON(C(=O)Cc4cn[nH]n4)CC3)c(F)c2)C(=O)O1)C(F)F. The van der Waals surface area contributed by atoms with E-state index in [2.05, 4.69) is 15.4 Å². The fourth-order valence-corrected chi connectivity index (χ4v) is 3.93. The molecule has 3 heterocycles. The van der Waals surface area contributed by atoms with Crippen molar-refractivity contribution in [3.05, 3.63) is 35.7 Å². The maximum Gasteiger partial charge on any atom is 0.414 e. The van der Waals surface area contributed by atoms with Gasteiger partial charge in [0.1, 0.15) is 11.8 Å². The Morgan fingerprint density at radius 1 is 1.17 bits per heavy atom. The van der Waals surface area contributed by atoms with Gasteiger partial charge in [-0.2, -0.15) is 15.4 Å². The predicted octanol–water partition coefficient (Wildman–Crippen LogP) is 1.85. The molecule has 0 spiro atoms. The Hall–Kier alpha value is -3.75. The molecule has 1 atom stereocenters. The van der Waals surface area contributed by atoms with E-state index in [9.17, 15) is 23.2 Å². The number of nitrogens with one attached hydrogen (secondary N) is 1. The summed E-state index contributed by atoms with van der Waals surface area (Å²) in [5.41, 5.74) is -0.0441. The van der Waals surface area contributed by atoms with Crippen molar-refractivity contribution in [3.8, 4) is 0 Å². The number of cyclic esters (lactones) is 1. The number of aromatic amines is 1. The summed E-state index contributed by atoms with van der Waals surface area (Å²) in [6, 6.07) is 1.93. The van der Waals surface area contributed by atoms with Crippen LogP contribution < -0.4 is 9.80 Å². The number of alkyl halides is 2. The third-order valence-corrected chi connectivity index (χ3v) is 5.72. The molecule has 1 N–H and O–H groups in total. The second-order valence-electron chi connectivity index (χ2n) is 8.13. The van der Waals surface area contributed by atoms with Gasteiger partial charge in [-0.3, -0.25) is 19.3 Å². The molecule has 2 saturated heterocycles. The van der Waals surface area contributed by atoms with Gasteiger partial charge in [0.05, 0.1) is 43.7 Å². The largest absolute Gasteiger partial charge is 0.444 e. The maximum absolute atomic E-state index is 15.0. The number of halogens is 4. The maximum atomic E-state index is 15.0. The zero-order chi connectivity index (χ0) is 25.8. The summed E-state index contributed by atoms with van der Waals surface area (Å²) in [5.74, 6) is -3.56. The van der Waals surface area contributed by atoms with Crippen molar-refractivity contribution in [1.82, 2.24) is 20.5 Å². The Kier molecular flexibility index (Phi) is 7.67. The van der Waals surface area contributed by atoms with Gasteiger partial charge in [0, 0.05) is 31.6 Å². The number of ether oxygens (including phenoxy) is 1. The number of ketones is 1. The van der Waals surface area contributed by atoms with E-state index in [1.807, 2.05) is 0 Å². The number of hydrogen-bond donors (Lipinski definition) is 1. The predicted molar refractivity (Wildman–Crippen MR) is 114 cm³/mol. The molecule has 0 aliphatic carbocycles. The number of anilines is 2. The molecule has 194 valence electrons. The second kappa shape index (κ2) is 10.9. The van der Waals surface area contributed by atoms with Gasteiger partial charge >= 0.3 is 6.09 Å². The van der Waals surface area contributed by atoms with Crippen molar-refractivity contribution < 1.29 is 41.5 Å². The molecule has 0 radical (unpaired) electrons. The van der Waals surface area contributed by atoms with Crippen molar-refractivity contribution in [2.45, 2.75) is 31.8 Å². The highest BCUT2D eigenvalue weighted by Gasteiger charge is 2.34. The van der Waals surface area contributed by atoms with Crippen LogP contribution in [0.1, 0.15) is 18.5 Å². The van der Waals surface area contributed by atoms with E-state index in [1.54, 1.807) is 0 Å². The Labute approximate surface area is 201 Å². The van der Waals surface area contributed by atoms with Gasteiger partial charge in [0.25, 0.3) is 12.3 Å². The Balaban J connectivity index is 1.40. The highest BCUT2D eigenvalue weighted by molar-refractivity contribution is 5.90. The standard InChI is InChI=1S/C21H22F4N6O5/c22-15-8-13(30-11-14(36-21(30)34)1-2-17(32)20(24)25)9-16(23)19(15)29-3-4-31(35-6-5-29)18(33)7-12-10-26-28-27-12/h8-10,14,20H,1-7,11H2,(H,26,27,28)/t14-/m0/s1. The number of hydrogen-bond acceptors (Lipinski definition) is 8. The molecule has 0 unspecified atom stereocenters. The molecule has 1 aromatic heterocycles. The van der Waals surface area contributed by atoms with E-state index in [4.69, 9.17) is 9.57 Å². The van der Waals surface area contributed by atoms with Crippen LogP contribution in [0.3, 0.4) is 0 Å². The average Bonchev–Trinajstić information content (AvgIpc) is 3.40. The van der Waals surface area contributed by atoms with Crippen LogP contribution in [0, 0.1) is 11.6 Å². The van der Waals surface area contributed by atoms with Crippen LogP contribution >= 0.6 is 0 Å². The summed E-state index contributed by atoms with van der Waals surface area (Å²) in [5, 5.41) is 10.9. The molecule has 2 fully saturated rings. The molecule has 0 bridgehead atoms. The Morgan fingerprint density at radius 2 is 1.92 bits per heavy atom. The third kappa shape index (κ3) is 5.72. The topological polar surface area (TPSA) is 121 Å². The number of Topliss-reactive ketones (excluding diaryl/α,β-unsaturated/α-hetero) is 1. The van der Waals surface area contributed by atoms with Gasteiger partial charge in [-0.05, 0) is 6.42 Å². The fourth-order valence-electron chi connectivity index (χ4n) is 3.93. The number of rotatable bonds is 8. The van der Waals surface area contributed by atoms with E-state index < -0.39 is 42.5 Å². The molecule has 2 amide bonds. The number of carbonyl (C=O) groups is 3. The first kappa shape index (κ1) is 25.3. The monoisotopic (exact) mass is 514 g/mol. The van der Waals surface area contributed by atoms with Crippen molar-refractivity contribution >= 4 is 29.2 Å². The van der Waals surface area contributed by atoms with Crippen LogP contribution in [0.25, 0.3) is 0 Å². The number of hydroxylamine groups is 2. The van der Waals surface area contributed by atoms with Crippen LogP contribution in [0.4, 0.5) is 33.7 Å². The van der Waals surface area contributed by atoms with Crippen LogP contribution in [-0.4, -0.2) is 83.6 Å². The summed E-state index contributed by atoms with van der Waals surface area (Å²) in [6.45, 7) is 0.0435. The van der Waals surface area contributed by atoms with Crippen molar-refractivity contribution in [1.29, 1.82) is 0 Å². The highest BCUT2D eigenvalue weighted by atomic mass is 19.3. The van der Waals surface area contributed by atoms with Gasteiger partial charge < -0.3 is 9.64 Å².